The lowest BCUT2D eigenvalue weighted by Crippen LogP contribution is -2.24. The number of aromatic nitrogens is 1. The Morgan fingerprint density at radius 2 is 1.70 bits per heavy atom. The van der Waals surface area contributed by atoms with Gasteiger partial charge in [0.1, 0.15) is 10.7 Å². The van der Waals surface area contributed by atoms with Crippen molar-refractivity contribution in [1.82, 2.24) is 10.3 Å². The fourth-order valence-corrected chi connectivity index (χ4v) is 4.81. The summed E-state index contributed by atoms with van der Waals surface area (Å²) >= 11 is 2.80. The van der Waals surface area contributed by atoms with Crippen LogP contribution in [0.25, 0.3) is 11.3 Å². The van der Waals surface area contributed by atoms with Crippen LogP contribution in [-0.4, -0.2) is 29.1 Å². The zero-order valence-corrected chi connectivity index (χ0v) is 18.5. The SMILES string of the molecule is CCNC(=O)CSc1nc(-c2ccccc2)c(NC(=O)CCCc2ccccc2)s1. The van der Waals surface area contributed by atoms with Crippen LogP contribution >= 0.6 is 23.1 Å². The first kappa shape index (κ1) is 22.1. The van der Waals surface area contributed by atoms with Gasteiger partial charge in [-0.2, -0.15) is 0 Å². The molecule has 1 aromatic heterocycles. The van der Waals surface area contributed by atoms with Gasteiger partial charge in [0, 0.05) is 18.5 Å². The minimum Gasteiger partial charge on any atom is -0.356 e. The van der Waals surface area contributed by atoms with Crippen molar-refractivity contribution in [3.8, 4) is 11.3 Å². The number of nitrogens with one attached hydrogen (secondary N) is 2. The quantitative estimate of drug-likeness (QED) is 0.436. The lowest BCUT2D eigenvalue weighted by Gasteiger charge is -2.05. The molecular weight excluding hydrogens is 414 g/mol. The molecule has 156 valence electrons. The first-order valence-electron chi connectivity index (χ1n) is 9.95. The second-order valence-electron chi connectivity index (χ2n) is 6.65. The van der Waals surface area contributed by atoms with Crippen LogP contribution in [-0.2, 0) is 16.0 Å². The monoisotopic (exact) mass is 439 g/mol. The Morgan fingerprint density at radius 3 is 2.40 bits per heavy atom. The Labute approximate surface area is 185 Å². The van der Waals surface area contributed by atoms with E-state index >= 15 is 0 Å². The van der Waals surface area contributed by atoms with Gasteiger partial charge in [-0.25, -0.2) is 4.98 Å². The number of rotatable bonds is 10. The molecule has 1 heterocycles. The largest absolute Gasteiger partial charge is 0.356 e. The third-order valence-electron chi connectivity index (χ3n) is 4.32. The molecule has 0 spiro atoms. The number of amides is 2. The summed E-state index contributed by atoms with van der Waals surface area (Å²) in [6.45, 7) is 2.50. The Bertz CT molecular complexity index is 959. The number of thiazole rings is 1. The van der Waals surface area contributed by atoms with E-state index in [1.54, 1.807) is 0 Å². The molecule has 0 aliphatic rings. The maximum Gasteiger partial charge on any atom is 0.230 e. The van der Waals surface area contributed by atoms with Crippen molar-refractivity contribution in [3.05, 3.63) is 66.2 Å². The fraction of sp³-hybridized carbons (Fsp3) is 0.261. The van der Waals surface area contributed by atoms with Gasteiger partial charge in [0.2, 0.25) is 11.8 Å². The zero-order chi connectivity index (χ0) is 21.2. The Balaban J connectivity index is 1.65. The number of hydrogen-bond donors (Lipinski definition) is 2. The molecule has 30 heavy (non-hydrogen) atoms. The highest BCUT2D eigenvalue weighted by molar-refractivity contribution is 8.01. The minimum atomic E-state index is -0.0227. The second-order valence-corrected chi connectivity index (χ2v) is 8.87. The molecular formula is C23H25N3O2S2. The van der Waals surface area contributed by atoms with Crippen LogP contribution in [0.4, 0.5) is 5.00 Å². The van der Waals surface area contributed by atoms with Gasteiger partial charge < -0.3 is 10.6 Å². The van der Waals surface area contributed by atoms with Gasteiger partial charge in [0.15, 0.2) is 4.34 Å². The molecule has 2 amide bonds. The maximum absolute atomic E-state index is 12.5. The van der Waals surface area contributed by atoms with Crippen LogP contribution in [0.3, 0.4) is 0 Å². The van der Waals surface area contributed by atoms with E-state index in [1.807, 2.05) is 55.5 Å². The van der Waals surface area contributed by atoms with E-state index in [1.165, 1.54) is 28.7 Å². The molecule has 2 aromatic carbocycles. The smallest absolute Gasteiger partial charge is 0.230 e. The molecule has 0 aliphatic heterocycles. The number of carbonyl (C=O) groups excluding carboxylic acids is 2. The Kier molecular flexibility index (Phi) is 8.47. The summed E-state index contributed by atoms with van der Waals surface area (Å²) in [6.07, 6.45) is 2.10. The van der Waals surface area contributed by atoms with Gasteiger partial charge in [-0.05, 0) is 25.3 Å². The molecule has 0 aliphatic carbocycles. The van der Waals surface area contributed by atoms with E-state index in [0.29, 0.717) is 18.7 Å². The lowest BCUT2D eigenvalue weighted by molar-refractivity contribution is -0.118. The van der Waals surface area contributed by atoms with E-state index in [0.717, 1.165) is 33.4 Å². The number of thioether (sulfide) groups is 1. The molecule has 0 saturated carbocycles. The summed E-state index contributed by atoms with van der Waals surface area (Å²) in [4.78, 5) is 29.0. The topological polar surface area (TPSA) is 71.1 Å². The van der Waals surface area contributed by atoms with Crippen molar-refractivity contribution < 1.29 is 9.59 Å². The van der Waals surface area contributed by atoms with E-state index in [2.05, 4.69) is 27.8 Å². The molecule has 0 atom stereocenters. The van der Waals surface area contributed by atoms with E-state index < -0.39 is 0 Å². The molecule has 0 saturated heterocycles. The van der Waals surface area contributed by atoms with Crippen molar-refractivity contribution >= 4 is 39.9 Å². The van der Waals surface area contributed by atoms with Crippen LogP contribution in [0, 0.1) is 0 Å². The maximum atomic E-state index is 12.5. The molecule has 0 unspecified atom stereocenters. The van der Waals surface area contributed by atoms with Gasteiger partial charge in [0.05, 0.1) is 5.75 Å². The van der Waals surface area contributed by atoms with Gasteiger partial charge >= 0.3 is 0 Å². The summed E-state index contributed by atoms with van der Waals surface area (Å²) in [5.41, 5.74) is 2.92. The van der Waals surface area contributed by atoms with Gasteiger partial charge in [0.25, 0.3) is 0 Å². The molecule has 2 N–H and O–H groups in total. The number of hydrogen-bond acceptors (Lipinski definition) is 5. The summed E-state index contributed by atoms with van der Waals surface area (Å²) in [5, 5.41) is 6.54. The fourth-order valence-electron chi connectivity index (χ4n) is 2.90. The Morgan fingerprint density at radius 1 is 1.00 bits per heavy atom. The molecule has 3 rings (SSSR count). The van der Waals surface area contributed by atoms with Gasteiger partial charge in [-0.15, -0.1) is 0 Å². The van der Waals surface area contributed by atoms with Crippen LogP contribution in [0.2, 0.25) is 0 Å². The van der Waals surface area contributed by atoms with Crippen LogP contribution < -0.4 is 10.6 Å². The van der Waals surface area contributed by atoms with Crippen molar-refractivity contribution in [3.63, 3.8) is 0 Å². The first-order valence-corrected chi connectivity index (χ1v) is 11.8. The average molecular weight is 440 g/mol. The van der Waals surface area contributed by atoms with E-state index in [-0.39, 0.29) is 11.8 Å². The highest BCUT2D eigenvalue weighted by atomic mass is 32.2. The predicted molar refractivity (Wildman–Crippen MR) is 125 cm³/mol. The third kappa shape index (κ3) is 6.71. The number of anilines is 1. The summed E-state index contributed by atoms with van der Waals surface area (Å²) in [7, 11) is 0. The van der Waals surface area contributed by atoms with Crippen molar-refractivity contribution in [2.45, 2.75) is 30.5 Å². The minimum absolute atomic E-state index is 0.0213. The van der Waals surface area contributed by atoms with Crippen LogP contribution in [0.1, 0.15) is 25.3 Å². The molecule has 0 fully saturated rings. The van der Waals surface area contributed by atoms with Crippen molar-refractivity contribution in [1.29, 1.82) is 0 Å². The number of benzene rings is 2. The van der Waals surface area contributed by atoms with Gasteiger partial charge in [-0.1, -0.05) is 83.8 Å². The average Bonchev–Trinajstić information content (AvgIpc) is 3.16. The van der Waals surface area contributed by atoms with Crippen molar-refractivity contribution in [2.75, 3.05) is 17.6 Å². The summed E-state index contributed by atoms with van der Waals surface area (Å²) in [5.74, 6) is 0.262. The van der Waals surface area contributed by atoms with Crippen molar-refractivity contribution in [2.24, 2.45) is 0 Å². The molecule has 5 nitrogen and oxygen atoms in total. The lowest BCUT2D eigenvalue weighted by atomic mass is 10.1. The zero-order valence-electron chi connectivity index (χ0n) is 16.9. The van der Waals surface area contributed by atoms with Crippen LogP contribution in [0.15, 0.2) is 65.0 Å². The molecule has 3 aromatic rings. The highest BCUT2D eigenvalue weighted by Crippen LogP contribution is 2.37. The van der Waals surface area contributed by atoms with E-state index in [4.69, 9.17) is 0 Å². The first-order chi connectivity index (χ1) is 14.7. The number of aryl methyl sites for hydroxylation is 1. The molecule has 0 radical (unpaired) electrons. The van der Waals surface area contributed by atoms with Crippen LogP contribution in [0.5, 0.6) is 0 Å². The summed E-state index contributed by atoms with van der Waals surface area (Å²) < 4.78 is 0.764. The normalized spacial score (nSPS) is 10.6. The van der Waals surface area contributed by atoms with E-state index in [9.17, 15) is 9.59 Å². The van der Waals surface area contributed by atoms with Gasteiger partial charge in [-0.3, -0.25) is 9.59 Å². The molecule has 0 bridgehead atoms. The number of carbonyl (C=O) groups is 2. The predicted octanol–water partition coefficient (Wildman–Crippen LogP) is 5.00. The molecule has 7 heteroatoms. The standard InChI is InChI=1S/C23H25N3O2S2/c1-2-24-20(28)16-29-23-26-21(18-13-7-4-8-14-18)22(30-23)25-19(27)15-9-12-17-10-5-3-6-11-17/h3-8,10-11,13-14H,2,9,12,15-16H2,1H3,(H,24,28)(H,25,27). The second kappa shape index (κ2) is 11.5. The summed E-state index contributed by atoms with van der Waals surface area (Å²) in [6, 6.07) is 20.0. The highest BCUT2D eigenvalue weighted by Gasteiger charge is 2.16. The third-order valence-corrected chi connectivity index (χ3v) is 6.43. The number of nitrogens with zero attached hydrogens (tertiary/aromatic N) is 1. The Hall–Kier alpha value is -2.64.